The number of carbonyl (C=O) groups excluding carboxylic acids is 1. The average molecular weight is 323 g/mol. The van der Waals surface area contributed by atoms with E-state index >= 15 is 0 Å². The van der Waals surface area contributed by atoms with Crippen LogP contribution in [0.4, 0.5) is 4.79 Å². The van der Waals surface area contributed by atoms with Gasteiger partial charge in [0.15, 0.2) is 5.16 Å². The van der Waals surface area contributed by atoms with E-state index in [4.69, 9.17) is 4.74 Å². The molecule has 1 saturated heterocycles. The molecule has 2 fully saturated rings. The number of hydrogen-bond donors (Lipinski definition) is 1. The summed E-state index contributed by atoms with van der Waals surface area (Å²) in [5.74, 6) is 1.10. The van der Waals surface area contributed by atoms with Crippen molar-refractivity contribution in [1.29, 1.82) is 0 Å². The van der Waals surface area contributed by atoms with Crippen LogP contribution in [-0.4, -0.2) is 45.9 Å². The molecule has 2 unspecified atom stereocenters. The van der Waals surface area contributed by atoms with Crippen LogP contribution in [0.15, 0.2) is 16.0 Å². The normalized spacial score (nSPS) is 26.7. The molecule has 0 radical (unpaired) electrons. The number of ether oxygens (including phenoxy) is 1. The fourth-order valence-electron chi connectivity index (χ4n) is 3.16. The number of thioether (sulfide) groups is 1. The molecule has 1 aromatic heterocycles. The lowest BCUT2D eigenvalue weighted by molar-refractivity contribution is 0.0270. The number of hydrogen-bond acceptors (Lipinski definition) is 5. The fourth-order valence-corrected chi connectivity index (χ4v) is 3.56. The van der Waals surface area contributed by atoms with E-state index in [1.54, 1.807) is 11.0 Å². The van der Waals surface area contributed by atoms with E-state index in [0.29, 0.717) is 36.0 Å². The lowest BCUT2D eigenvalue weighted by Crippen LogP contribution is -2.37. The number of likely N-dealkylation sites (tertiary alicyclic amines) is 1. The van der Waals surface area contributed by atoms with Crippen LogP contribution in [0.1, 0.15) is 32.4 Å². The maximum absolute atomic E-state index is 12.1. The van der Waals surface area contributed by atoms with Gasteiger partial charge < -0.3 is 14.6 Å². The minimum atomic E-state index is -0.467. The Kier molecular flexibility index (Phi) is 3.71. The van der Waals surface area contributed by atoms with Crippen LogP contribution in [0, 0.1) is 11.8 Å². The Hall–Kier alpha value is -1.50. The minimum Gasteiger partial charge on any atom is -0.444 e. The summed E-state index contributed by atoms with van der Waals surface area (Å²) in [6, 6.07) is 1.58. The van der Waals surface area contributed by atoms with Gasteiger partial charge in [0.1, 0.15) is 5.60 Å². The molecule has 120 valence electrons. The molecule has 2 heterocycles. The highest BCUT2D eigenvalue weighted by atomic mass is 32.2. The number of nitrogens with one attached hydrogen (secondary N) is 1. The molecule has 1 N–H and O–H groups in total. The van der Waals surface area contributed by atoms with Crippen molar-refractivity contribution >= 4 is 17.9 Å². The molecule has 1 aliphatic carbocycles. The first kappa shape index (κ1) is 15.4. The molecule has 6 nitrogen and oxygen atoms in total. The fraction of sp³-hybridized carbons (Fsp3) is 0.667. The second-order valence-corrected chi connectivity index (χ2v) is 7.71. The van der Waals surface area contributed by atoms with Gasteiger partial charge in [-0.1, -0.05) is 11.8 Å². The third kappa shape index (κ3) is 2.99. The summed E-state index contributed by atoms with van der Waals surface area (Å²) >= 11 is 1.43. The van der Waals surface area contributed by atoms with E-state index in [9.17, 15) is 9.59 Å². The highest BCUT2D eigenvalue weighted by Crippen LogP contribution is 2.57. The molecule has 2 aliphatic rings. The van der Waals surface area contributed by atoms with E-state index in [0.717, 1.165) is 5.69 Å². The molecular weight excluding hydrogens is 302 g/mol. The summed E-state index contributed by atoms with van der Waals surface area (Å²) in [7, 11) is 0. The summed E-state index contributed by atoms with van der Waals surface area (Å²) in [5, 5.41) is 0.650. The molecule has 0 bridgehead atoms. The van der Waals surface area contributed by atoms with Crippen molar-refractivity contribution in [2.24, 2.45) is 11.8 Å². The molecule has 1 aromatic rings. The topological polar surface area (TPSA) is 75.3 Å². The van der Waals surface area contributed by atoms with Crippen molar-refractivity contribution in [3.63, 3.8) is 0 Å². The van der Waals surface area contributed by atoms with Crippen LogP contribution in [0.5, 0.6) is 0 Å². The Morgan fingerprint density at radius 3 is 2.59 bits per heavy atom. The lowest BCUT2D eigenvalue weighted by Gasteiger charge is -2.25. The molecule has 0 aromatic carbocycles. The molecule has 22 heavy (non-hydrogen) atoms. The summed E-state index contributed by atoms with van der Waals surface area (Å²) in [6.45, 7) is 6.98. The highest BCUT2D eigenvalue weighted by molar-refractivity contribution is 7.98. The first-order valence-electron chi connectivity index (χ1n) is 7.41. The lowest BCUT2D eigenvalue weighted by atomic mass is 10.2. The first-order chi connectivity index (χ1) is 10.3. The van der Waals surface area contributed by atoms with Gasteiger partial charge in [0, 0.05) is 25.1 Å². The third-order valence-corrected chi connectivity index (χ3v) is 4.70. The van der Waals surface area contributed by atoms with Gasteiger partial charge >= 0.3 is 6.09 Å². The van der Waals surface area contributed by atoms with Crippen molar-refractivity contribution in [3.8, 4) is 0 Å². The number of H-pyrrole nitrogens is 1. The van der Waals surface area contributed by atoms with Crippen molar-refractivity contribution in [2.75, 3.05) is 19.3 Å². The number of amides is 1. The molecule has 2 atom stereocenters. The predicted molar refractivity (Wildman–Crippen MR) is 84.2 cm³/mol. The van der Waals surface area contributed by atoms with Crippen LogP contribution in [-0.2, 0) is 4.74 Å². The van der Waals surface area contributed by atoms with Gasteiger partial charge in [-0.25, -0.2) is 9.78 Å². The Balaban J connectivity index is 1.65. The zero-order valence-corrected chi connectivity index (χ0v) is 14.1. The van der Waals surface area contributed by atoms with E-state index < -0.39 is 5.60 Å². The molecule has 1 aliphatic heterocycles. The second kappa shape index (κ2) is 5.30. The van der Waals surface area contributed by atoms with Crippen molar-refractivity contribution in [1.82, 2.24) is 14.9 Å². The average Bonchev–Trinajstić information content (AvgIpc) is 2.90. The van der Waals surface area contributed by atoms with Gasteiger partial charge in [0.25, 0.3) is 5.56 Å². The summed E-state index contributed by atoms with van der Waals surface area (Å²) in [4.78, 5) is 32.7. The quantitative estimate of drug-likeness (QED) is 0.666. The smallest absolute Gasteiger partial charge is 0.410 e. The Morgan fingerprint density at radius 1 is 1.41 bits per heavy atom. The Morgan fingerprint density at radius 2 is 2.05 bits per heavy atom. The SMILES string of the molecule is CSc1nc(C2C3CN(C(=O)OC(C)(C)C)CC32)cc(=O)[nH]1. The zero-order chi connectivity index (χ0) is 16.1. The highest BCUT2D eigenvalue weighted by Gasteiger charge is 2.58. The van der Waals surface area contributed by atoms with Gasteiger partial charge in [-0.05, 0) is 38.9 Å². The zero-order valence-electron chi connectivity index (χ0n) is 13.3. The van der Waals surface area contributed by atoms with Crippen LogP contribution >= 0.6 is 11.8 Å². The van der Waals surface area contributed by atoms with E-state index in [2.05, 4.69) is 9.97 Å². The number of carbonyl (C=O) groups is 1. The summed E-state index contributed by atoms with van der Waals surface area (Å²) < 4.78 is 5.40. The minimum absolute atomic E-state index is 0.108. The number of nitrogens with zero attached hydrogens (tertiary/aromatic N) is 2. The Bertz CT molecular complexity index is 640. The number of fused-ring (bicyclic) bond motifs is 1. The molecule has 7 heteroatoms. The number of piperidine rings is 1. The summed E-state index contributed by atoms with van der Waals surface area (Å²) in [6.07, 6.45) is 1.64. The maximum Gasteiger partial charge on any atom is 0.410 e. The van der Waals surface area contributed by atoms with Crippen LogP contribution in [0.3, 0.4) is 0 Å². The Labute approximate surface area is 133 Å². The molecular formula is C15H21N3O3S. The van der Waals surface area contributed by atoms with Gasteiger partial charge in [-0.15, -0.1) is 0 Å². The largest absolute Gasteiger partial charge is 0.444 e. The van der Waals surface area contributed by atoms with Crippen LogP contribution in [0.2, 0.25) is 0 Å². The van der Waals surface area contributed by atoms with Crippen LogP contribution < -0.4 is 5.56 Å². The molecule has 0 spiro atoms. The molecule has 3 rings (SSSR count). The third-order valence-electron chi connectivity index (χ3n) is 4.12. The van der Waals surface area contributed by atoms with Gasteiger partial charge in [0.05, 0.1) is 5.69 Å². The number of rotatable bonds is 2. The molecule has 1 amide bonds. The number of aromatic amines is 1. The van der Waals surface area contributed by atoms with E-state index in [1.807, 2.05) is 27.0 Å². The van der Waals surface area contributed by atoms with E-state index in [-0.39, 0.29) is 11.7 Å². The van der Waals surface area contributed by atoms with Crippen molar-refractivity contribution < 1.29 is 9.53 Å². The van der Waals surface area contributed by atoms with Crippen LogP contribution in [0.25, 0.3) is 0 Å². The number of aromatic nitrogens is 2. The predicted octanol–water partition coefficient (Wildman–Crippen LogP) is 2.07. The second-order valence-electron chi connectivity index (χ2n) is 6.92. The van der Waals surface area contributed by atoms with Crippen molar-refractivity contribution in [2.45, 2.75) is 37.4 Å². The van der Waals surface area contributed by atoms with Gasteiger partial charge in [-0.2, -0.15) is 0 Å². The van der Waals surface area contributed by atoms with E-state index in [1.165, 1.54) is 11.8 Å². The molecule has 1 saturated carbocycles. The maximum atomic E-state index is 12.1. The van der Waals surface area contributed by atoms with Gasteiger partial charge in [0.2, 0.25) is 0 Å². The first-order valence-corrected chi connectivity index (χ1v) is 8.64. The van der Waals surface area contributed by atoms with Crippen molar-refractivity contribution in [3.05, 3.63) is 22.1 Å². The van der Waals surface area contributed by atoms with Gasteiger partial charge in [-0.3, -0.25) is 4.79 Å². The summed E-state index contributed by atoms with van der Waals surface area (Å²) in [5.41, 5.74) is 0.278. The monoisotopic (exact) mass is 323 g/mol. The standard InChI is InChI=1S/C15H21N3O3S/c1-15(2,3)21-14(20)18-6-8-9(7-18)12(8)10-5-11(19)17-13(16-10)22-4/h5,8-9,12H,6-7H2,1-4H3,(H,16,17,19).